The van der Waals surface area contributed by atoms with Crippen molar-refractivity contribution in [3.05, 3.63) is 138 Å². The van der Waals surface area contributed by atoms with Gasteiger partial charge in [0.1, 0.15) is 4.75 Å². The standard InChI is InChI=1S/C37H40NOPS/c1-26-34(31-19-13-8-14-20-31)40-25-37(26,5)32(29-17-11-7-12-18-29)35(40)33(38-41(39)36(2,3)4)30-23-21-28(22-24-30)27-15-9-6-10-16-27/h6-24,32-33,35,38H,25H2,1-5H3/t32-,33+,35?,37+,40-,41?/m1/s1. The topological polar surface area (TPSA) is 35.1 Å². The molecule has 2 heterocycles. The maximum Gasteiger partial charge on any atom is 0.136 e. The highest BCUT2D eigenvalue weighted by atomic mass is 32.2. The Kier molecular flexibility index (Phi) is 7.76. The van der Waals surface area contributed by atoms with E-state index in [9.17, 15) is 4.55 Å². The van der Waals surface area contributed by atoms with Crippen LogP contribution in [0.15, 0.2) is 121 Å². The SMILES string of the molecule is CC1=C(c2ccccc2)[P@@]2C[C@]1(C)[C@H](c1ccccc1)C2[C@@H](N[S+]([O-])C(C)(C)C)c1ccc(-c2ccccc2)cc1. The van der Waals surface area contributed by atoms with Crippen molar-refractivity contribution in [2.24, 2.45) is 5.41 Å². The molecule has 1 N–H and O–H groups in total. The lowest BCUT2D eigenvalue weighted by atomic mass is 9.67. The molecular weight excluding hydrogens is 537 g/mol. The summed E-state index contributed by atoms with van der Waals surface area (Å²) in [6.45, 7) is 11.1. The first-order valence-electron chi connectivity index (χ1n) is 14.6. The van der Waals surface area contributed by atoms with Crippen LogP contribution in [0.25, 0.3) is 16.4 Å². The van der Waals surface area contributed by atoms with Gasteiger partial charge in [0.2, 0.25) is 0 Å². The van der Waals surface area contributed by atoms with Gasteiger partial charge in [0.05, 0.1) is 6.04 Å². The van der Waals surface area contributed by atoms with Crippen LogP contribution >= 0.6 is 7.92 Å². The van der Waals surface area contributed by atoms with Gasteiger partial charge in [-0.25, -0.2) is 0 Å². The third kappa shape index (κ3) is 5.23. The normalized spacial score (nSPS) is 25.4. The number of rotatable bonds is 7. The van der Waals surface area contributed by atoms with E-state index in [1.807, 2.05) is 0 Å². The van der Waals surface area contributed by atoms with Crippen LogP contribution in [-0.2, 0) is 11.4 Å². The van der Waals surface area contributed by atoms with E-state index in [0.29, 0.717) is 11.6 Å². The zero-order valence-corrected chi connectivity index (χ0v) is 26.4. The summed E-state index contributed by atoms with van der Waals surface area (Å²) >= 11 is -1.21. The van der Waals surface area contributed by atoms with Crippen molar-refractivity contribution in [2.45, 2.75) is 57.0 Å². The monoisotopic (exact) mass is 577 g/mol. The summed E-state index contributed by atoms with van der Waals surface area (Å²) in [4.78, 5) is 0. The van der Waals surface area contributed by atoms with Crippen LogP contribution in [0, 0.1) is 5.41 Å². The van der Waals surface area contributed by atoms with E-state index in [1.54, 1.807) is 5.31 Å². The average molecular weight is 578 g/mol. The molecule has 1 fully saturated rings. The van der Waals surface area contributed by atoms with Gasteiger partial charge in [-0.05, 0) is 67.0 Å². The zero-order valence-electron chi connectivity index (χ0n) is 24.7. The van der Waals surface area contributed by atoms with Gasteiger partial charge >= 0.3 is 0 Å². The summed E-state index contributed by atoms with van der Waals surface area (Å²) in [6.07, 6.45) is 1.17. The predicted molar refractivity (Wildman–Crippen MR) is 178 cm³/mol. The molecule has 0 amide bonds. The minimum absolute atomic E-state index is 0.0372. The fourth-order valence-corrected chi connectivity index (χ4v) is 12.3. The summed E-state index contributed by atoms with van der Waals surface area (Å²) in [5, 5.41) is 1.55. The Labute approximate surface area is 250 Å². The molecule has 2 unspecified atom stereocenters. The molecule has 0 aliphatic carbocycles. The number of benzene rings is 4. The van der Waals surface area contributed by atoms with E-state index in [2.05, 4.69) is 155 Å². The van der Waals surface area contributed by atoms with Crippen LogP contribution in [0.1, 0.15) is 63.3 Å². The zero-order chi connectivity index (χ0) is 28.8. The first-order chi connectivity index (χ1) is 19.7. The molecule has 41 heavy (non-hydrogen) atoms. The second-order valence-corrected chi connectivity index (χ2v) is 17.0. The molecule has 4 aromatic rings. The Morgan fingerprint density at radius 2 is 1.29 bits per heavy atom. The first-order valence-corrected chi connectivity index (χ1v) is 17.3. The Balaban J connectivity index is 1.50. The lowest BCUT2D eigenvalue weighted by Crippen LogP contribution is -2.46. The molecule has 0 radical (unpaired) electrons. The maximum atomic E-state index is 13.8. The summed E-state index contributed by atoms with van der Waals surface area (Å²) in [5.74, 6) is 0.338. The van der Waals surface area contributed by atoms with E-state index < -0.39 is 19.3 Å². The molecule has 6 atom stereocenters. The first kappa shape index (κ1) is 28.4. The van der Waals surface area contributed by atoms with Crippen LogP contribution in [0.5, 0.6) is 0 Å². The predicted octanol–water partition coefficient (Wildman–Crippen LogP) is 9.55. The second kappa shape index (κ2) is 11.2. The third-order valence-corrected chi connectivity index (χ3v) is 14.2. The van der Waals surface area contributed by atoms with Crippen LogP contribution in [0.2, 0.25) is 0 Å². The van der Waals surface area contributed by atoms with Crippen molar-refractivity contribution in [3.8, 4) is 11.1 Å². The van der Waals surface area contributed by atoms with Crippen LogP contribution < -0.4 is 4.72 Å². The summed E-state index contributed by atoms with van der Waals surface area (Å²) in [7, 11) is -0.521. The minimum Gasteiger partial charge on any atom is -0.598 e. The lowest BCUT2D eigenvalue weighted by Gasteiger charge is -2.43. The summed E-state index contributed by atoms with van der Waals surface area (Å²) < 4.78 is 17.2. The van der Waals surface area contributed by atoms with Gasteiger partial charge in [-0.15, -0.1) is 4.72 Å². The van der Waals surface area contributed by atoms with Crippen molar-refractivity contribution >= 4 is 24.6 Å². The van der Waals surface area contributed by atoms with Crippen molar-refractivity contribution in [3.63, 3.8) is 0 Å². The van der Waals surface area contributed by atoms with Gasteiger partial charge in [-0.2, -0.15) is 0 Å². The summed E-state index contributed by atoms with van der Waals surface area (Å²) in [6, 6.07) is 41.6. The highest BCUT2D eigenvalue weighted by Gasteiger charge is 2.61. The van der Waals surface area contributed by atoms with E-state index >= 15 is 0 Å². The average Bonchev–Trinajstić information content (AvgIpc) is 3.44. The molecule has 4 aromatic carbocycles. The van der Waals surface area contributed by atoms with Crippen LogP contribution in [-0.4, -0.2) is 21.1 Å². The molecule has 2 aliphatic rings. The van der Waals surface area contributed by atoms with E-state index in [4.69, 9.17) is 0 Å². The van der Waals surface area contributed by atoms with Crippen LogP contribution in [0.4, 0.5) is 0 Å². The Morgan fingerprint density at radius 3 is 1.85 bits per heavy atom. The second-order valence-electron chi connectivity index (χ2n) is 12.7. The van der Waals surface area contributed by atoms with Gasteiger partial charge < -0.3 is 4.55 Å². The fraction of sp³-hybridized carbons (Fsp3) is 0.297. The number of allylic oxidation sites excluding steroid dienone is 1. The maximum absolute atomic E-state index is 13.8. The van der Waals surface area contributed by atoms with Crippen molar-refractivity contribution in [2.75, 3.05) is 6.16 Å². The van der Waals surface area contributed by atoms with Gasteiger partial charge in [-0.1, -0.05) is 136 Å². The number of nitrogens with one attached hydrogen (secondary N) is 1. The molecule has 6 rings (SSSR count). The minimum atomic E-state index is -1.21. The fourth-order valence-electron chi connectivity index (χ4n) is 6.90. The molecule has 0 aromatic heterocycles. The van der Waals surface area contributed by atoms with Crippen molar-refractivity contribution in [1.82, 2.24) is 4.72 Å². The number of hydrogen-bond acceptors (Lipinski definition) is 2. The molecule has 2 bridgehead atoms. The lowest BCUT2D eigenvalue weighted by molar-refractivity contribution is 0.345. The Morgan fingerprint density at radius 1 is 0.780 bits per heavy atom. The third-order valence-electron chi connectivity index (χ3n) is 9.10. The number of fused-ring (bicyclic) bond motifs is 2. The molecule has 1 saturated heterocycles. The molecule has 210 valence electrons. The van der Waals surface area contributed by atoms with Gasteiger partial charge in [0.15, 0.2) is 0 Å². The largest absolute Gasteiger partial charge is 0.598 e. The summed E-state index contributed by atoms with van der Waals surface area (Å²) in [5.41, 5.74) is 8.28. The molecular formula is C37H40NOPS. The van der Waals surface area contributed by atoms with Gasteiger partial charge in [0, 0.05) is 28.4 Å². The van der Waals surface area contributed by atoms with E-state index in [-0.39, 0.29) is 16.2 Å². The quantitative estimate of drug-likeness (QED) is 0.175. The van der Waals surface area contributed by atoms with Crippen molar-refractivity contribution in [1.29, 1.82) is 0 Å². The Bertz CT molecular complexity index is 1510. The van der Waals surface area contributed by atoms with E-state index in [1.165, 1.54) is 39.6 Å². The molecule has 4 heteroatoms. The van der Waals surface area contributed by atoms with Gasteiger partial charge in [0.25, 0.3) is 0 Å². The van der Waals surface area contributed by atoms with Crippen molar-refractivity contribution < 1.29 is 4.55 Å². The number of hydrogen-bond donors (Lipinski definition) is 1. The highest BCUT2D eigenvalue weighted by molar-refractivity contribution is 7.90. The van der Waals surface area contributed by atoms with Crippen LogP contribution in [0.3, 0.4) is 0 Å². The molecule has 2 nitrogen and oxygen atoms in total. The smallest absolute Gasteiger partial charge is 0.136 e. The molecule has 0 saturated carbocycles. The van der Waals surface area contributed by atoms with Gasteiger partial charge in [-0.3, -0.25) is 0 Å². The Hall–Kier alpha value is -2.68. The molecule has 0 spiro atoms. The highest BCUT2D eigenvalue weighted by Crippen LogP contribution is 2.80. The van der Waals surface area contributed by atoms with E-state index in [0.717, 1.165) is 0 Å². The molecule has 2 aliphatic heterocycles.